The van der Waals surface area contributed by atoms with Crippen LogP contribution >= 0.6 is 11.8 Å². The van der Waals surface area contributed by atoms with E-state index < -0.39 is 0 Å². The number of Topliss-reactive ketones (excluding diaryl/α,β-unsaturated/α-hetero) is 1. The van der Waals surface area contributed by atoms with Gasteiger partial charge in [-0.2, -0.15) is 0 Å². The third-order valence-corrected chi connectivity index (χ3v) is 6.30. The number of aryl methyl sites for hydroxylation is 1. The van der Waals surface area contributed by atoms with Crippen LogP contribution in [0.5, 0.6) is 5.75 Å². The van der Waals surface area contributed by atoms with Gasteiger partial charge in [0.1, 0.15) is 11.5 Å². The zero-order valence-corrected chi connectivity index (χ0v) is 18.8. The molecule has 0 atom stereocenters. The van der Waals surface area contributed by atoms with Crippen molar-refractivity contribution < 1.29 is 13.9 Å². The molecule has 160 valence electrons. The predicted octanol–water partition coefficient (Wildman–Crippen LogP) is 4.53. The van der Waals surface area contributed by atoms with Crippen molar-refractivity contribution >= 4 is 17.5 Å². The molecule has 4 aromatic rings. The van der Waals surface area contributed by atoms with Crippen molar-refractivity contribution in [2.24, 2.45) is 7.05 Å². The number of thioether (sulfide) groups is 1. The summed E-state index contributed by atoms with van der Waals surface area (Å²) in [6, 6.07) is 13.4. The topological polar surface area (TPSA) is 75.1 Å². The molecule has 0 aliphatic carbocycles. The fraction of sp³-hybridized carbons (Fsp3) is 0.261. The molecule has 8 heteroatoms. The quantitative estimate of drug-likeness (QED) is 0.298. The Morgan fingerprint density at radius 1 is 1.16 bits per heavy atom. The molecule has 1 aromatic carbocycles. The largest absolute Gasteiger partial charge is 0.496 e. The van der Waals surface area contributed by atoms with Crippen LogP contribution in [0.25, 0.3) is 11.4 Å². The number of para-hydroxylation sites is 1. The average Bonchev–Trinajstić information content (AvgIpc) is 3.49. The number of hydrogen-bond donors (Lipinski definition) is 0. The lowest BCUT2D eigenvalue weighted by Crippen LogP contribution is -2.08. The molecule has 0 saturated heterocycles. The van der Waals surface area contributed by atoms with Gasteiger partial charge in [-0.1, -0.05) is 23.9 Å². The third kappa shape index (κ3) is 4.16. The summed E-state index contributed by atoms with van der Waals surface area (Å²) in [6.07, 6.45) is 1.66. The first-order chi connectivity index (χ1) is 15.0. The van der Waals surface area contributed by atoms with Crippen LogP contribution in [0.3, 0.4) is 0 Å². The Balaban J connectivity index is 1.49. The van der Waals surface area contributed by atoms with E-state index in [1.807, 2.05) is 67.9 Å². The zero-order chi connectivity index (χ0) is 22.0. The summed E-state index contributed by atoms with van der Waals surface area (Å²) >= 11 is 1.38. The van der Waals surface area contributed by atoms with Gasteiger partial charge in [-0.05, 0) is 44.2 Å². The summed E-state index contributed by atoms with van der Waals surface area (Å²) in [5, 5.41) is 9.27. The Morgan fingerprint density at radius 3 is 2.71 bits per heavy atom. The minimum Gasteiger partial charge on any atom is -0.496 e. The van der Waals surface area contributed by atoms with Crippen LogP contribution in [0.4, 0.5) is 0 Å². The van der Waals surface area contributed by atoms with Crippen molar-refractivity contribution in [3.05, 3.63) is 71.4 Å². The van der Waals surface area contributed by atoms with Gasteiger partial charge in [0.05, 0.1) is 31.2 Å². The SMILES string of the molecule is COc1ccccc1-c1nnc(SCC(=O)c2cc(C)n(Cc3ccco3)c2C)n1C. The summed E-state index contributed by atoms with van der Waals surface area (Å²) in [7, 11) is 3.52. The molecule has 0 N–H and O–H groups in total. The summed E-state index contributed by atoms with van der Waals surface area (Å²) in [6.45, 7) is 4.58. The molecule has 7 nitrogen and oxygen atoms in total. The van der Waals surface area contributed by atoms with Crippen LogP contribution in [0.15, 0.2) is 58.3 Å². The van der Waals surface area contributed by atoms with Gasteiger partial charge >= 0.3 is 0 Å². The van der Waals surface area contributed by atoms with E-state index >= 15 is 0 Å². The molecule has 0 saturated carbocycles. The first-order valence-electron chi connectivity index (χ1n) is 9.87. The van der Waals surface area contributed by atoms with E-state index in [1.165, 1.54) is 11.8 Å². The van der Waals surface area contributed by atoms with Crippen LogP contribution in [-0.4, -0.2) is 38.0 Å². The van der Waals surface area contributed by atoms with Gasteiger partial charge in [-0.15, -0.1) is 10.2 Å². The number of aromatic nitrogens is 4. The van der Waals surface area contributed by atoms with E-state index in [9.17, 15) is 4.79 Å². The standard InChI is InChI=1S/C23H24N4O3S/c1-15-12-19(16(2)27(15)13-17-8-7-11-30-17)20(28)14-31-23-25-24-22(26(23)3)18-9-5-6-10-21(18)29-4/h5-12H,13-14H2,1-4H3. The van der Waals surface area contributed by atoms with Crippen LogP contribution < -0.4 is 4.74 Å². The van der Waals surface area contributed by atoms with E-state index in [-0.39, 0.29) is 11.5 Å². The molecular formula is C23H24N4O3S. The number of benzene rings is 1. The molecule has 3 aromatic heterocycles. The number of furan rings is 1. The van der Waals surface area contributed by atoms with Gasteiger partial charge in [0.15, 0.2) is 16.8 Å². The van der Waals surface area contributed by atoms with Gasteiger partial charge in [0.2, 0.25) is 0 Å². The summed E-state index contributed by atoms with van der Waals surface area (Å²) in [4.78, 5) is 13.0. The van der Waals surface area contributed by atoms with Crippen molar-refractivity contribution in [3.8, 4) is 17.1 Å². The van der Waals surface area contributed by atoms with Gasteiger partial charge < -0.3 is 18.3 Å². The van der Waals surface area contributed by atoms with Crippen molar-refractivity contribution in [3.63, 3.8) is 0 Å². The smallest absolute Gasteiger partial charge is 0.191 e. The Morgan fingerprint density at radius 2 is 1.97 bits per heavy atom. The van der Waals surface area contributed by atoms with Crippen LogP contribution in [-0.2, 0) is 13.6 Å². The highest BCUT2D eigenvalue weighted by molar-refractivity contribution is 7.99. The lowest BCUT2D eigenvalue weighted by Gasteiger charge is -2.08. The van der Waals surface area contributed by atoms with Gasteiger partial charge in [0, 0.05) is 24.0 Å². The Kier molecular flexibility index (Phi) is 5.99. The number of methoxy groups -OCH3 is 1. The van der Waals surface area contributed by atoms with E-state index in [2.05, 4.69) is 14.8 Å². The van der Waals surface area contributed by atoms with Crippen LogP contribution in [0, 0.1) is 13.8 Å². The Labute approximate surface area is 185 Å². The lowest BCUT2D eigenvalue weighted by molar-refractivity contribution is 0.102. The number of nitrogens with zero attached hydrogens (tertiary/aromatic N) is 4. The average molecular weight is 437 g/mol. The molecule has 0 fully saturated rings. The highest BCUT2D eigenvalue weighted by Crippen LogP contribution is 2.30. The highest BCUT2D eigenvalue weighted by Gasteiger charge is 2.19. The zero-order valence-electron chi connectivity index (χ0n) is 18.0. The highest BCUT2D eigenvalue weighted by atomic mass is 32.2. The number of ether oxygens (including phenoxy) is 1. The number of ketones is 1. The Hall–Kier alpha value is -3.26. The molecule has 0 amide bonds. The summed E-state index contributed by atoms with van der Waals surface area (Å²) in [5.74, 6) is 2.63. The molecule has 3 heterocycles. The molecule has 0 bridgehead atoms. The number of hydrogen-bond acceptors (Lipinski definition) is 6. The van der Waals surface area contributed by atoms with Gasteiger partial charge in [0.25, 0.3) is 0 Å². The maximum absolute atomic E-state index is 13.0. The minimum atomic E-state index is 0.0608. The maximum Gasteiger partial charge on any atom is 0.191 e. The normalized spacial score (nSPS) is 11.1. The first-order valence-corrected chi connectivity index (χ1v) is 10.9. The molecule has 0 radical (unpaired) electrons. The molecule has 0 unspecified atom stereocenters. The van der Waals surface area contributed by atoms with Crippen molar-refractivity contribution in [1.82, 2.24) is 19.3 Å². The predicted molar refractivity (Wildman–Crippen MR) is 120 cm³/mol. The number of carbonyl (C=O) groups is 1. The molecule has 4 rings (SSSR count). The fourth-order valence-corrected chi connectivity index (χ4v) is 4.39. The second-order valence-corrected chi connectivity index (χ2v) is 8.17. The second-order valence-electron chi connectivity index (χ2n) is 7.23. The summed E-state index contributed by atoms with van der Waals surface area (Å²) in [5.41, 5.74) is 3.55. The van der Waals surface area contributed by atoms with Gasteiger partial charge in [-0.3, -0.25) is 4.79 Å². The number of rotatable bonds is 8. The van der Waals surface area contributed by atoms with Crippen LogP contribution in [0.1, 0.15) is 27.5 Å². The van der Waals surface area contributed by atoms with Crippen molar-refractivity contribution in [1.29, 1.82) is 0 Å². The van der Waals surface area contributed by atoms with E-state index in [4.69, 9.17) is 9.15 Å². The Bertz CT molecular complexity index is 1210. The first kappa shape index (κ1) is 21.0. The number of carbonyl (C=O) groups excluding carboxylic acids is 1. The minimum absolute atomic E-state index is 0.0608. The van der Waals surface area contributed by atoms with E-state index in [0.717, 1.165) is 34.0 Å². The van der Waals surface area contributed by atoms with Crippen molar-refractivity contribution in [2.75, 3.05) is 12.9 Å². The van der Waals surface area contributed by atoms with E-state index in [1.54, 1.807) is 13.4 Å². The van der Waals surface area contributed by atoms with Crippen molar-refractivity contribution in [2.45, 2.75) is 25.5 Å². The summed E-state index contributed by atoms with van der Waals surface area (Å²) < 4.78 is 14.9. The lowest BCUT2D eigenvalue weighted by atomic mass is 10.2. The third-order valence-electron chi connectivity index (χ3n) is 5.28. The fourth-order valence-electron chi connectivity index (χ4n) is 3.60. The second kappa shape index (κ2) is 8.85. The molecule has 0 aliphatic rings. The van der Waals surface area contributed by atoms with Gasteiger partial charge in [-0.25, -0.2) is 0 Å². The van der Waals surface area contributed by atoms with E-state index in [0.29, 0.717) is 17.5 Å². The monoisotopic (exact) mass is 436 g/mol. The molecule has 0 aliphatic heterocycles. The molecule has 0 spiro atoms. The molecular weight excluding hydrogens is 412 g/mol. The maximum atomic E-state index is 13.0. The molecule has 31 heavy (non-hydrogen) atoms. The van der Waals surface area contributed by atoms with Crippen LogP contribution in [0.2, 0.25) is 0 Å².